The minimum atomic E-state index is -0.623. The topological polar surface area (TPSA) is 80.9 Å². The second kappa shape index (κ2) is 4.54. The molecule has 5 nitrogen and oxygen atoms in total. The van der Waals surface area contributed by atoms with Gasteiger partial charge in [0, 0.05) is 6.07 Å². The van der Waals surface area contributed by atoms with E-state index in [0.29, 0.717) is 0 Å². The van der Waals surface area contributed by atoms with Crippen molar-refractivity contribution in [1.82, 2.24) is 9.97 Å². The van der Waals surface area contributed by atoms with Crippen LogP contribution in [0.3, 0.4) is 0 Å². The highest BCUT2D eigenvalue weighted by Gasteiger charge is 2.09. The van der Waals surface area contributed by atoms with Gasteiger partial charge in [-0.1, -0.05) is 11.6 Å². The van der Waals surface area contributed by atoms with Gasteiger partial charge in [-0.3, -0.25) is 4.79 Å². The zero-order chi connectivity index (χ0) is 10.7. The highest BCUT2D eigenvalue weighted by molar-refractivity contribution is 6.32. The Morgan fingerprint density at radius 3 is 2.71 bits per heavy atom. The lowest BCUT2D eigenvalue weighted by Gasteiger charge is -2.06. The maximum atomic E-state index is 11.2. The number of nitrogens with two attached hydrogens (primary N) is 1. The molecule has 1 heterocycles. The molecule has 0 saturated heterocycles. The summed E-state index contributed by atoms with van der Waals surface area (Å²) in [5.74, 6) is -0.131. The summed E-state index contributed by atoms with van der Waals surface area (Å²) in [4.78, 5) is 18.5. The Bertz CT molecular complexity index is 335. The number of carbonyl (C=O) groups is 1. The molecule has 3 N–H and O–H groups in total. The van der Waals surface area contributed by atoms with E-state index in [0.717, 1.165) is 0 Å². The van der Waals surface area contributed by atoms with Crippen LogP contribution in [0.15, 0.2) is 6.07 Å². The second-order valence-corrected chi connectivity index (χ2v) is 3.35. The van der Waals surface area contributed by atoms with Crippen LogP contribution < -0.4 is 11.1 Å². The third-order valence-electron chi connectivity index (χ3n) is 1.33. The molecule has 0 saturated carbocycles. The first-order valence-electron chi connectivity index (χ1n) is 3.75. The predicted octanol–water partition coefficient (Wildman–Crippen LogP) is 1.07. The number of aromatic nitrogens is 2. The molecule has 1 aromatic heterocycles. The van der Waals surface area contributed by atoms with E-state index in [1.165, 1.54) is 6.07 Å². The van der Waals surface area contributed by atoms with E-state index in [1.54, 1.807) is 6.92 Å². The van der Waals surface area contributed by atoms with Gasteiger partial charge in [-0.2, -0.15) is 0 Å². The van der Waals surface area contributed by atoms with Crippen LogP contribution in [0, 0.1) is 0 Å². The van der Waals surface area contributed by atoms with Crippen LogP contribution in [-0.2, 0) is 4.79 Å². The van der Waals surface area contributed by atoms with Gasteiger partial charge in [0.15, 0.2) is 0 Å². The molecule has 0 aliphatic carbocycles. The van der Waals surface area contributed by atoms with Gasteiger partial charge in [0.25, 0.3) is 0 Å². The Balaban J connectivity index is 2.82. The van der Waals surface area contributed by atoms with Crippen molar-refractivity contribution in [1.29, 1.82) is 0 Å². The van der Waals surface area contributed by atoms with Gasteiger partial charge in [-0.25, -0.2) is 9.97 Å². The molecular formula is C7H8Cl2N4O. The minimum absolute atomic E-state index is 0.0301. The molecular weight excluding hydrogens is 227 g/mol. The van der Waals surface area contributed by atoms with Gasteiger partial charge in [0.2, 0.25) is 11.2 Å². The normalized spacial score (nSPS) is 12.3. The van der Waals surface area contributed by atoms with Gasteiger partial charge < -0.3 is 11.1 Å². The molecule has 0 spiro atoms. The predicted molar refractivity (Wildman–Crippen MR) is 54.3 cm³/mol. The summed E-state index contributed by atoms with van der Waals surface area (Å²) >= 11 is 11.1. The molecule has 0 radical (unpaired) electrons. The lowest BCUT2D eigenvalue weighted by molar-refractivity contribution is -0.117. The van der Waals surface area contributed by atoms with Crippen molar-refractivity contribution in [3.05, 3.63) is 16.5 Å². The first-order valence-corrected chi connectivity index (χ1v) is 4.51. The summed E-state index contributed by atoms with van der Waals surface area (Å²) in [5, 5.41) is 2.57. The number of halogens is 2. The fraction of sp³-hybridized carbons (Fsp3) is 0.286. The second-order valence-electron chi connectivity index (χ2n) is 2.62. The van der Waals surface area contributed by atoms with Crippen LogP contribution in [0.5, 0.6) is 0 Å². The number of hydrogen-bond donors (Lipinski definition) is 2. The largest absolute Gasteiger partial charge is 0.320 e. The van der Waals surface area contributed by atoms with Crippen LogP contribution in [0.1, 0.15) is 6.92 Å². The molecule has 1 amide bonds. The molecule has 1 aromatic rings. The Morgan fingerprint density at radius 2 is 2.21 bits per heavy atom. The molecule has 0 bridgehead atoms. The van der Waals surface area contributed by atoms with Crippen LogP contribution in [-0.4, -0.2) is 21.9 Å². The van der Waals surface area contributed by atoms with E-state index < -0.39 is 6.04 Å². The third-order valence-corrected chi connectivity index (χ3v) is 1.70. The fourth-order valence-corrected chi connectivity index (χ4v) is 1.10. The van der Waals surface area contributed by atoms with E-state index in [2.05, 4.69) is 15.3 Å². The van der Waals surface area contributed by atoms with Crippen LogP contribution >= 0.6 is 23.2 Å². The first kappa shape index (κ1) is 11.2. The maximum Gasteiger partial charge on any atom is 0.242 e. The number of rotatable bonds is 2. The summed E-state index contributed by atoms with van der Waals surface area (Å²) in [6.45, 7) is 1.56. The number of carbonyl (C=O) groups excluding carboxylic acids is 1. The summed E-state index contributed by atoms with van der Waals surface area (Å²) in [5.41, 5.74) is 5.34. The van der Waals surface area contributed by atoms with E-state index in [4.69, 9.17) is 28.9 Å². The third kappa shape index (κ3) is 3.10. The Hall–Kier alpha value is -0.910. The van der Waals surface area contributed by atoms with Gasteiger partial charge in [-0.15, -0.1) is 0 Å². The standard InChI is InChI=1S/C7H8Cl2N4O/c1-3(10)6(14)12-5-2-4(8)11-7(9)13-5/h2-3H,10H2,1H3,(H,11,12,13,14)/t3-/m0/s1. The van der Waals surface area contributed by atoms with E-state index in [1.807, 2.05) is 0 Å². The highest BCUT2D eigenvalue weighted by Crippen LogP contribution is 2.14. The monoisotopic (exact) mass is 234 g/mol. The molecule has 1 rings (SSSR count). The van der Waals surface area contributed by atoms with E-state index in [-0.39, 0.29) is 22.2 Å². The first-order chi connectivity index (χ1) is 6.49. The van der Waals surface area contributed by atoms with E-state index >= 15 is 0 Å². The summed E-state index contributed by atoms with van der Waals surface area (Å²) in [6.07, 6.45) is 0. The molecule has 0 unspecified atom stereocenters. The average Bonchev–Trinajstić information content (AvgIpc) is 2.01. The Labute approximate surface area is 90.6 Å². The Morgan fingerprint density at radius 1 is 1.57 bits per heavy atom. The van der Waals surface area contributed by atoms with Crippen molar-refractivity contribution in [3.8, 4) is 0 Å². The molecule has 76 valence electrons. The van der Waals surface area contributed by atoms with Crippen molar-refractivity contribution in [2.45, 2.75) is 13.0 Å². The smallest absolute Gasteiger partial charge is 0.242 e. The minimum Gasteiger partial charge on any atom is -0.320 e. The van der Waals surface area contributed by atoms with E-state index in [9.17, 15) is 4.79 Å². The number of amides is 1. The highest BCUT2D eigenvalue weighted by atomic mass is 35.5. The van der Waals surface area contributed by atoms with Crippen molar-refractivity contribution < 1.29 is 4.79 Å². The lowest BCUT2D eigenvalue weighted by atomic mass is 10.3. The summed E-state index contributed by atoms with van der Waals surface area (Å²) in [6, 6.07) is 0.760. The van der Waals surface area contributed by atoms with Gasteiger partial charge in [0.05, 0.1) is 6.04 Å². The number of nitrogens with one attached hydrogen (secondary N) is 1. The lowest BCUT2D eigenvalue weighted by Crippen LogP contribution is -2.32. The molecule has 7 heteroatoms. The molecule has 1 atom stereocenters. The molecule has 0 aliphatic rings. The maximum absolute atomic E-state index is 11.2. The van der Waals surface area contributed by atoms with Crippen molar-refractivity contribution in [2.75, 3.05) is 5.32 Å². The Kier molecular flexibility index (Phi) is 3.62. The number of hydrogen-bond acceptors (Lipinski definition) is 4. The molecule has 0 fully saturated rings. The summed E-state index contributed by atoms with van der Waals surface area (Å²) < 4.78 is 0. The zero-order valence-electron chi connectivity index (χ0n) is 7.29. The van der Waals surface area contributed by atoms with Crippen molar-refractivity contribution in [3.63, 3.8) is 0 Å². The van der Waals surface area contributed by atoms with Crippen LogP contribution in [0.4, 0.5) is 5.82 Å². The molecule has 0 aliphatic heterocycles. The van der Waals surface area contributed by atoms with Gasteiger partial charge >= 0.3 is 0 Å². The van der Waals surface area contributed by atoms with Gasteiger partial charge in [0.1, 0.15) is 11.0 Å². The molecule has 14 heavy (non-hydrogen) atoms. The average molecular weight is 235 g/mol. The SMILES string of the molecule is C[C@H](N)C(=O)Nc1cc(Cl)nc(Cl)n1. The quantitative estimate of drug-likeness (QED) is 0.593. The van der Waals surface area contributed by atoms with Crippen molar-refractivity contribution >= 4 is 34.9 Å². The van der Waals surface area contributed by atoms with Crippen LogP contribution in [0.25, 0.3) is 0 Å². The molecule has 0 aromatic carbocycles. The van der Waals surface area contributed by atoms with Gasteiger partial charge in [-0.05, 0) is 18.5 Å². The van der Waals surface area contributed by atoms with Crippen molar-refractivity contribution in [2.24, 2.45) is 5.73 Å². The number of nitrogens with zero attached hydrogens (tertiary/aromatic N) is 2. The number of anilines is 1. The summed E-state index contributed by atoms with van der Waals surface area (Å²) in [7, 11) is 0. The fourth-order valence-electron chi connectivity index (χ4n) is 0.694. The van der Waals surface area contributed by atoms with Crippen LogP contribution in [0.2, 0.25) is 10.4 Å². The zero-order valence-corrected chi connectivity index (χ0v) is 8.80.